The van der Waals surface area contributed by atoms with Crippen molar-refractivity contribution in [1.29, 1.82) is 5.41 Å². The summed E-state index contributed by atoms with van der Waals surface area (Å²) in [5, 5.41) is 71.1. The van der Waals surface area contributed by atoms with E-state index in [0.29, 0.717) is 81.2 Å². The fourth-order valence-corrected chi connectivity index (χ4v) is 18.2. The fraction of sp³-hybridized carbons (Fsp3) is 0.516. The highest BCUT2D eigenvalue weighted by Crippen LogP contribution is 2.34. The molecule has 0 spiro atoms. The van der Waals surface area contributed by atoms with Crippen molar-refractivity contribution >= 4 is 140 Å². The van der Waals surface area contributed by atoms with Gasteiger partial charge in [0.1, 0.15) is 96.1 Å². The average molecular weight is 1970 g/mol. The number of thioether (sulfide) groups is 1. The number of aromatic nitrogens is 2. The Kier molecular flexibility index (Phi) is 40.9. The number of nitrogens with two attached hydrogens (primary N) is 4. The Morgan fingerprint density at radius 3 is 1.79 bits per heavy atom. The summed E-state index contributed by atoms with van der Waals surface area (Å²) in [7, 11) is 5.39. The van der Waals surface area contributed by atoms with Gasteiger partial charge in [-0.2, -0.15) is 0 Å². The highest BCUT2D eigenvalue weighted by Gasteiger charge is 2.47. The SMILES string of the molecule is CCCCC1C(=O)N(C)C(CCCC)C(=O)NC(CCCNC(=N)N)C(=O)NC(C(=O)NCC(N)=O)CSCC(=O)NC(Cc2ccc(O)cc2)C(=O)N(C)C(C)C(=O)NC(CC(N)=O)C(=O)N2CCCC2C(=O)NC(CN)C(=O)NC(CC(C)C)C(=O)N2C[C@H](O)CC2C(=O)NC(Cc2c[nH]c3ccccc23)C(=O)NC(CO)C(=O)NC(Cc2c(-c3ccc(OC)cc3)[nH]c3ccccc23)C(=O)N1C. The summed E-state index contributed by atoms with van der Waals surface area (Å²) < 4.78 is 5.50. The molecule has 0 radical (unpaired) electrons. The lowest BCUT2D eigenvalue weighted by Gasteiger charge is -2.36. The molecule has 3 saturated heterocycles. The molecule has 140 heavy (non-hydrogen) atoms. The number of benzene rings is 4. The average Bonchev–Trinajstić information content (AvgIpc) is 1.62. The minimum absolute atomic E-state index is 0.0215. The van der Waals surface area contributed by atoms with Crippen LogP contribution in [0.2, 0.25) is 0 Å². The molecule has 0 saturated carbocycles. The van der Waals surface area contributed by atoms with Crippen LogP contribution in [0.4, 0.5) is 0 Å². The van der Waals surface area contributed by atoms with Gasteiger partial charge in [0.2, 0.25) is 100 Å². The highest BCUT2D eigenvalue weighted by atomic mass is 32.2. The predicted molar refractivity (Wildman–Crippen MR) is 519 cm³/mol. The third-order valence-corrected chi connectivity index (χ3v) is 26.1. The van der Waals surface area contributed by atoms with Crippen LogP contribution in [0.25, 0.3) is 33.1 Å². The molecule has 4 aromatic carbocycles. The Bertz CT molecular complexity index is 5430. The van der Waals surface area contributed by atoms with Crippen molar-refractivity contribution in [2.45, 2.75) is 228 Å². The number of primary amides is 2. The van der Waals surface area contributed by atoms with E-state index in [2.05, 4.69) is 68.5 Å². The number of likely N-dealkylation sites (N-methyl/N-ethyl adjacent to an activating group) is 3. The second-order valence-corrected chi connectivity index (χ2v) is 36.9. The van der Waals surface area contributed by atoms with Gasteiger partial charge >= 0.3 is 0 Å². The summed E-state index contributed by atoms with van der Waals surface area (Å²) in [6.45, 7) is 5.30. The van der Waals surface area contributed by atoms with Crippen LogP contribution in [-0.2, 0) is 101 Å². The third-order valence-electron chi connectivity index (χ3n) is 25.1. The van der Waals surface area contributed by atoms with E-state index in [4.69, 9.17) is 33.1 Å². The number of carbonyl (C=O) groups excluding carboxylic acids is 17. The fourth-order valence-electron chi connectivity index (χ4n) is 17.3. The standard InChI is InChI=1S/C95H133N23O21S/c1-10-12-25-73-87(131)106-64(24-18-36-101-95(99)100)83(127)113-72(82(126)103-46-78(98)123)49-140-50-79(124)104-67(39-53-28-32-56(120)33-29-53)90(134)114(6)52(5)81(125)108-69(43-77(97)122)92(136)117-37-19-27-74(117)88(132)111-70(44-96)85(129)109-66(38-51(3)4)93(137)118-47-57(121)41-76(118)89(133)107-65(40-55-45-102-62-22-16-14-20-59(55)62)84(128)112-71(48-119)86(130)110-68(91(135)116(8)75(26-13-11-2)94(138)115(73)7)42-61-60-21-15-17-23-63(60)105-80(61)54-30-34-58(139-9)35-31-54/h14-17,20-23,28-35,45,51-52,57,64-76,102,105,119-121H,10-13,18-19,24-27,36-44,46-50,96H2,1-9H3,(H2,97,122)(H2,98,123)(H,103,126)(H,104,124)(H,106,131)(H,107,133)(H,108,125)(H,109,129)(H,110,130)(H,111,132)(H,112,128)(H,113,127)(H4,99,100,101)/t52?,57-,64?,65?,66?,67?,68?,69?,70?,71?,72?,73?,74?,75?,76?/m1/s1. The molecule has 14 unspecified atom stereocenters. The molecular weight excluding hydrogens is 1830 g/mol. The number of hydrogen-bond donors (Lipinski definition) is 21. The number of carbonyl (C=O) groups is 17. The normalized spacial score (nSPS) is 24.3. The first kappa shape index (κ1) is 110. The Labute approximate surface area is 814 Å². The zero-order valence-corrected chi connectivity index (χ0v) is 81.0. The van der Waals surface area contributed by atoms with Crippen molar-refractivity contribution in [3.63, 3.8) is 0 Å². The summed E-state index contributed by atoms with van der Waals surface area (Å²) in [5.74, 6) is -17.9. The van der Waals surface area contributed by atoms with Gasteiger partial charge in [-0.1, -0.05) is 102 Å². The van der Waals surface area contributed by atoms with E-state index in [0.717, 1.165) is 36.3 Å². The van der Waals surface area contributed by atoms with E-state index in [9.17, 15) is 58.5 Å². The van der Waals surface area contributed by atoms with Crippen LogP contribution >= 0.6 is 11.8 Å². The van der Waals surface area contributed by atoms with E-state index < -0.39 is 248 Å². The van der Waals surface area contributed by atoms with E-state index in [1.54, 1.807) is 92.8 Å². The van der Waals surface area contributed by atoms with Crippen LogP contribution < -0.4 is 86.2 Å². The van der Waals surface area contributed by atoms with E-state index >= 15 is 38.4 Å². The van der Waals surface area contributed by atoms with Crippen molar-refractivity contribution in [2.75, 3.05) is 79.1 Å². The summed E-state index contributed by atoms with van der Waals surface area (Å²) in [6.07, 6.45) is -0.675. The maximum Gasteiger partial charge on any atom is 0.246 e. The maximum absolute atomic E-state index is 16.2. The van der Waals surface area contributed by atoms with Crippen molar-refractivity contribution < 1.29 is 102 Å². The van der Waals surface area contributed by atoms with Crippen molar-refractivity contribution in [2.24, 2.45) is 28.9 Å². The quantitative estimate of drug-likeness (QED) is 0.0147. The number of amides is 17. The molecule has 6 aromatic rings. The first-order valence-electron chi connectivity index (χ1n) is 46.9. The molecule has 17 amide bonds. The summed E-state index contributed by atoms with van der Waals surface area (Å²) in [4.78, 5) is 263. The Hall–Kier alpha value is -14.0. The second kappa shape index (κ2) is 52.2. The summed E-state index contributed by atoms with van der Waals surface area (Å²) in [6, 6.07) is 4.37. The molecule has 0 bridgehead atoms. The largest absolute Gasteiger partial charge is 0.508 e. The lowest BCUT2D eigenvalue weighted by Crippen LogP contribution is -2.62. The van der Waals surface area contributed by atoms with Crippen LogP contribution in [0.1, 0.15) is 135 Å². The number of aliphatic hydroxyl groups excluding tert-OH is 2. The zero-order chi connectivity index (χ0) is 102. The monoisotopic (exact) mass is 1960 g/mol. The number of aliphatic hydroxyl groups is 2. The molecule has 0 aliphatic carbocycles. The topological polar surface area (TPSA) is 668 Å². The molecule has 44 nitrogen and oxygen atoms in total. The molecule has 2 aromatic heterocycles. The molecule has 9 rings (SSSR count). The smallest absolute Gasteiger partial charge is 0.246 e. The van der Waals surface area contributed by atoms with Gasteiger partial charge in [0, 0.05) is 112 Å². The number of para-hydroxylation sites is 2. The van der Waals surface area contributed by atoms with Crippen molar-refractivity contribution in [3.8, 4) is 22.8 Å². The number of aromatic hydroxyl groups is 1. The van der Waals surface area contributed by atoms with Gasteiger partial charge in [0.25, 0.3) is 0 Å². The number of phenols is 1. The predicted octanol–water partition coefficient (Wildman–Crippen LogP) is -2.26. The van der Waals surface area contributed by atoms with Crippen molar-refractivity contribution in [3.05, 3.63) is 120 Å². The van der Waals surface area contributed by atoms with E-state index in [1.165, 1.54) is 59.4 Å². The highest BCUT2D eigenvalue weighted by molar-refractivity contribution is 8.00. The molecule has 15 atom stereocenters. The van der Waals surface area contributed by atoms with E-state index in [1.807, 2.05) is 13.8 Å². The van der Waals surface area contributed by atoms with Gasteiger partial charge in [0.05, 0.1) is 38.5 Å². The van der Waals surface area contributed by atoms with Gasteiger partial charge in [-0.15, -0.1) is 11.8 Å². The molecule has 3 aliphatic heterocycles. The van der Waals surface area contributed by atoms with Gasteiger partial charge in [-0.05, 0) is 129 Å². The van der Waals surface area contributed by atoms with Gasteiger partial charge < -0.3 is 136 Å². The van der Waals surface area contributed by atoms with E-state index in [-0.39, 0.29) is 89.0 Å². The molecule has 3 aliphatic rings. The molecule has 25 N–H and O–H groups in total. The number of nitrogens with zero attached hydrogens (tertiary/aromatic N) is 5. The number of H-pyrrole nitrogens is 2. The first-order chi connectivity index (χ1) is 66.7. The first-order valence-corrected chi connectivity index (χ1v) is 48.0. The summed E-state index contributed by atoms with van der Waals surface area (Å²) >= 11 is 0.755. The number of aromatic amines is 2. The molecule has 760 valence electrons. The lowest BCUT2D eigenvalue weighted by molar-refractivity contribution is -0.149. The van der Waals surface area contributed by atoms with Crippen LogP contribution in [-0.4, -0.2) is 326 Å². The molecule has 45 heteroatoms. The number of hydrogen-bond acceptors (Lipinski definition) is 24. The van der Waals surface area contributed by atoms with Crippen LogP contribution in [0.15, 0.2) is 103 Å². The molecule has 3 fully saturated rings. The number of rotatable bonds is 27. The third kappa shape index (κ3) is 29.8. The van der Waals surface area contributed by atoms with Gasteiger partial charge in [0.15, 0.2) is 5.96 Å². The minimum atomic E-state index is -1.94. The van der Waals surface area contributed by atoms with Gasteiger partial charge in [-0.25, -0.2) is 0 Å². The van der Waals surface area contributed by atoms with Crippen LogP contribution in [0.5, 0.6) is 11.5 Å². The number of nitrogens with one attached hydrogen (secondary N) is 14. The number of methoxy groups -OCH3 is 1. The van der Waals surface area contributed by atoms with Crippen molar-refractivity contribution in [1.82, 2.24) is 93.0 Å². The Morgan fingerprint density at radius 1 is 0.571 bits per heavy atom. The number of phenolic OH excluding ortho intramolecular Hbond substituents is 1. The minimum Gasteiger partial charge on any atom is -0.508 e. The number of fused-ring (bicyclic) bond motifs is 4. The zero-order valence-electron chi connectivity index (χ0n) is 80.2. The Balaban J connectivity index is 1.12. The van der Waals surface area contributed by atoms with Gasteiger partial charge in [-0.3, -0.25) is 86.9 Å². The maximum atomic E-state index is 16.2. The lowest BCUT2D eigenvalue weighted by atomic mass is 9.96. The second-order valence-electron chi connectivity index (χ2n) is 35.8. The molecule has 5 heterocycles. The molecular formula is C95H133N23O21S. The number of unbranched alkanes of at least 4 members (excludes halogenated alkanes) is 2. The summed E-state index contributed by atoms with van der Waals surface area (Å²) in [5.41, 5.74) is 26.7. The van der Waals surface area contributed by atoms with Crippen LogP contribution in [0, 0.1) is 11.3 Å². The Morgan fingerprint density at radius 2 is 1.14 bits per heavy atom. The number of guanidine groups is 1. The van der Waals surface area contributed by atoms with Crippen LogP contribution in [0.3, 0.4) is 0 Å². The number of ether oxygens (including phenoxy) is 1.